The van der Waals surface area contributed by atoms with Gasteiger partial charge in [-0.2, -0.15) is 0 Å². The van der Waals surface area contributed by atoms with Crippen LogP contribution in [0.5, 0.6) is 11.5 Å². The molecule has 0 aliphatic heterocycles. The molecule has 0 aliphatic carbocycles. The Morgan fingerprint density at radius 2 is 1.83 bits per heavy atom. The molecule has 2 rings (SSSR count). The van der Waals surface area contributed by atoms with Gasteiger partial charge in [0, 0.05) is 11.6 Å². The first-order chi connectivity index (χ1) is 11.0. The number of phenols is 1. The zero-order valence-corrected chi connectivity index (χ0v) is 12.8. The number of phenolic OH excluding ortho intramolecular Hbond substituents is 1. The first kappa shape index (κ1) is 16.5. The minimum absolute atomic E-state index is 0.0230. The summed E-state index contributed by atoms with van der Waals surface area (Å²) in [5, 5.41) is 19.0. The van der Waals surface area contributed by atoms with E-state index in [1.54, 1.807) is 6.07 Å². The van der Waals surface area contributed by atoms with Crippen LogP contribution < -0.4 is 4.74 Å². The lowest BCUT2D eigenvalue weighted by Gasteiger charge is -2.09. The molecule has 5 heteroatoms. The van der Waals surface area contributed by atoms with E-state index >= 15 is 0 Å². The summed E-state index contributed by atoms with van der Waals surface area (Å²) in [6.45, 7) is 2.59. The Morgan fingerprint density at radius 1 is 1.09 bits per heavy atom. The average Bonchev–Trinajstić information content (AvgIpc) is 2.55. The quantitative estimate of drug-likeness (QED) is 0.603. The van der Waals surface area contributed by atoms with Crippen molar-refractivity contribution in [2.24, 2.45) is 0 Å². The van der Waals surface area contributed by atoms with Crippen molar-refractivity contribution in [1.82, 2.24) is 0 Å². The van der Waals surface area contributed by atoms with Gasteiger partial charge < -0.3 is 14.9 Å². The van der Waals surface area contributed by atoms with E-state index in [0.717, 1.165) is 12.8 Å². The van der Waals surface area contributed by atoms with Gasteiger partial charge in [0.05, 0.1) is 17.7 Å². The minimum Gasteiger partial charge on any atom is -0.507 e. The zero-order valence-electron chi connectivity index (χ0n) is 12.8. The Hall–Kier alpha value is -2.82. The number of rotatable bonds is 7. The van der Waals surface area contributed by atoms with Crippen LogP contribution in [0.25, 0.3) is 0 Å². The molecule has 0 saturated carbocycles. The molecule has 5 nitrogen and oxygen atoms in total. The van der Waals surface area contributed by atoms with Gasteiger partial charge in [0.2, 0.25) is 0 Å². The molecule has 2 aromatic rings. The number of carboxylic acids is 1. The van der Waals surface area contributed by atoms with Crippen molar-refractivity contribution in [3.63, 3.8) is 0 Å². The molecule has 0 bridgehead atoms. The fraction of sp³-hybridized carbons (Fsp3) is 0.222. The highest BCUT2D eigenvalue weighted by Crippen LogP contribution is 2.26. The van der Waals surface area contributed by atoms with E-state index in [1.807, 2.05) is 6.92 Å². The van der Waals surface area contributed by atoms with Crippen LogP contribution in [0.1, 0.15) is 46.0 Å². The maximum atomic E-state index is 12.4. The Labute approximate surface area is 134 Å². The highest BCUT2D eigenvalue weighted by molar-refractivity contribution is 6.11. The summed E-state index contributed by atoms with van der Waals surface area (Å²) in [6.07, 6.45) is 1.91. The molecule has 0 aromatic heterocycles. The number of carbonyl (C=O) groups excluding carboxylic acids is 1. The second kappa shape index (κ2) is 7.45. The SMILES string of the molecule is CCCCOc1ccc(C(=O)c2cccc(C(=O)O)c2)c(O)c1. The molecule has 0 unspecified atom stereocenters. The Balaban J connectivity index is 2.22. The summed E-state index contributed by atoms with van der Waals surface area (Å²) in [6, 6.07) is 10.2. The lowest BCUT2D eigenvalue weighted by molar-refractivity contribution is 0.0697. The predicted octanol–water partition coefficient (Wildman–Crippen LogP) is 3.50. The zero-order chi connectivity index (χ0) is 16.8. The number of unbranched alkanes of at least 4 members (excludes halogenated alkanes) is 1. The van der Waals surface area contributed by atoms with E-state index < -0.39 is 11.8 Å². The van der Waals surface area contributed by atoms with Gasteiger partial charge in [-0.3, -0.25) is 4.79 Å². The van der Waals surface area contributed by atoms with E-state index in [2.05, 4.69) is 0 Å². The fourth-order valence-corrected chi connectivity index (χ4v) is 2.08. The molecule has 0 heterocycles. The summed E-state index contributed by atoms with van der Waals surface area (Å²) in [5.74, 6) is -1.24. The van der Waals surface area contributed by atoms with Crippen LogP contribution in [0.3, 0.4) is 0 Å². The number of hydrogen-bond donors (Lipinski definition) is 2. The summed E-state index contributed by atoms with van der Waals surface area (Å²) in [5.41, 5.74) is 0.338. The lowest BCUT2D eigenvalue weighted by Crippen LogP contribution is -2.05. The van der Waals surface area contributed by atoms with E-state index in [0.29, 0.717) is 12.4 Å². The van der Waals surface area contributed by atoms with Gasteiger partial charge in [0.1, 0.15) is 11.5 Å². The second-order valence-electron chi connectivity index (χ2n) is 5.10. The molecule has 0 saturated heterocycles. The minimum atomic E-state index is -1.11. The molecule has 0 aliphatic rings. The first-order valence-corrected chi connectivity index (χ1v) is 7.36. The van der Waals surface area contributed by atoms with E-state index in [-0.39, 0.29) is 22.4 Å². The maximum absolute atomic E-state index is 12.4. The second-order valence-corrected chi connectivity index (χ2v) is 5.10. The van der Waals surface area contributed by atoms with Crippen LogP contribution in [-0.4, -0.2) is 28.6 Å². The highest BCUT2D eigenvalue weighted by Gasteiger charge is 2.16. The number of aromatic hydroxyl groups is 1. The van der Waals surface area contributed by atoms with Crippen LogP contribution in [0, 0.1) is 0 Å². The molecule has 0 spiro atoms. The van der Waals surface area contributed by atoms with E-state index in [4.69, 9.17) is 9.84 Å². The van der Waals surface area contributed by atoms with Gasteiger partial charge in [-0.05, 0) is 30.7 Å². The highest BCUT2D eigenvalue weighted by atomic mass is 16.5. The van der Waals surface area contributed by atoms with Crippen molar-refractivity contribution in [2.75, 3.05) is 6.61 Å². The molecule has 2 aromatic carbocycles. The van der Waals surface area contributed by atoms with Crippen molar-refractivity contribution < 1.29 is 24.5 Å². The van der Waals surface area contributed by atoms with Crippen molar-refractivity contribution in [3.8, 4) is 11.5 Å². The van der Waals surface area contributed by atoms with Gasteiger partial charge in [-0.15, -0.1) is 0 Å². The molecular formula is C18H18O5. The van der Waals surface area contributed by atoms with E-state index in [9.17, 15) is 14.7 Å². The van der Waals surface area contributed by atoms with Gasteiger partial charge in [0.15, 0.2) is 5.78 Å². The average molecular weight is 314 g/mol. The fourth-order valence-electron chi connectivity index (χ4n) is 2.08. The standard InChI is InChI=1S/C18H18O5/c1-2-3-9-23-14-7-8-15(16(19)11-14)17(20)12-5-4-6-13(10-12)18(21)22/h4-8,10-11,19H,2-3,9H2,1H3,(H,21,22). The summed E-state index contributed by atoms with van der Waals surface area (Å²) >= 11 is 0. The van der Waals surface area contributed by atoms with Gasteiger partial charge in [-0.25, -0.2) is 4.79 Å². The molecule has 0 atom stereocenters. The van der Waals surface area contributed by atoms with Crippen molar-refractivity contribution in [2.45, 2.75) is 19.8 Å². The van der Waals surface area contributed by atoms with Crippen LogP contribution in [0.2, 0.25) is 0 Å². The van der Waals surface area contributed by atoms with Crippen LogP contribution in [0.15, 0.2) is 42.5 Å². The molecular weight excluding hydrogens is 296 g/mol. The number of aromatic carboxylic acids is 1. The molecule has 120 valence electrons. The number of hydrogen-bond acceptors (Lipinski definition) is 4. The largest absolute Gasteiger partial charge is 0.507 e. The molecule has 23 heavy (non-hydrogen) atoms. The van der Waals surface area contributed by atoms with Crippen molar-refractivity contribution in [1.29, 1.82) is 0 Å². The first-order valence-electron chi connectivity index (χ1n) is 7.36. The third kappa shape index (κ3) is 4.10. The molecule has 0 radical (unpaired) electrons. The van der Waals surface area contributed by atoms with Crippen LogP contribution >= 0.6 is 0 Å². The number of ether oxygens (including phenoxy) is 1. The van der Waals surface area contributed by atoms with Gasteiger partial charge in [0.25, 0.3) is 0 Å². The number of ketones is 1. The smallest absolute Gasteiger partial charge is 0.335 e. The van der Waals surface area contributed by atoms with Crippen LogP contribution in [-0.2, 0) is 0 Å². The number of benzene rings is 2. The lowest BCUT2D eigenvalue weighted by atomic mass is 10.0. The summed E-state index contributed by atoms with van der Waals surface area (Å²) in [7, 11) is 0. The Kier molecular flexibility index (Phi) is 5.36. The molecule has 2 N–H and O–H groups in total. The molecule has 0 amide bonds. The number of carboxylic acid groups (broad SMARTS) is 1. The summed E-state index contributed by atoms with van der Waals surface area (Å²) in [4.78, 5) is 23.4. The van der Waals surface area contributed by atoms with E-state index in [1.165, 1.54) is 36.4 Å². The number of carbonyl (C=O) groups is 2. The summed E-state index contributed by atoms with van der Waals surface area (Å²) < 4.78 is 5.47. The Morgan fingerprint density at radius 3 is 2.48 bits per heavy atom. The normalized spacial score (nSPS) is 10.3. The van der Waals surface area contributed by atoms with Gasteiger partial charge in [-0.1, -0.05) is 25.5 Å². The maximum Gasteiger partial charge on any atom is 0.335 e. The molecule has 0 fully saturated rings. The monoisotopic (exact) mass is 314 g/mol. The topological polar surface area (TPSA) is 83.8 Å². The van der Waals surface area contributed by atoms with Crippen molar-refractivity contribution in [3.05, 3.63) is 59.2 Å². The third-order valence-corrected chi connectivity index (χ3v) is 3.35. The van der Waals surface area contributed by atoms with Crippen LogP contribution in [0.4, 0.5) is 0 Å². The predicted molar refractivity (Wildman–Crippen MR) is 85.3 cm³/mol. The Bertz CT molecular complexity index is 721. The third-order valence-electron chi connectivity index (χ3n) is 3.35. The van der Waals surface area contributed by atoms with Gasteiger partial charge >= 0.3 is 5.97 Å². The van der Waals surface area contributed by atoms with Crippen molar-refractivity contribution >= 4 is 11.8 Å².